The zero-order chi connectivity index (χ0) is 17.5. The average molecular weight is 333 g/mol. The highest BCUT2D eigenvalue weighted by molar-refractivity contribution is 6.17. The second-order valence-electron chi connectivity index (χ2n) is 5.00. The van der Waals surface area contributed by atoms with E-state index in [0.29, 0.717) is 30.3 Å². The van der Waals surface area contributed by atoms with Crippen LogP contribution in [-0.4, -0.2) is 31.0 Å². The van der Waals surface area contributed by atoms with Gasteiger partial charge in [-0.25, -0.2) is 0 Å². The minimum absolute atomic E-state index is 0.0165. The molecule has 0 fully saturated rings. The summed E-state index contributed by atoms with van der Waals surface area (Å²) in [5.41, 5.74) is 0.807. The number of benzene rings is 1. The lowest BCUT2D eigenvalue weighted by Crippen LogP contribution is -2.23. The fourth-order valence-electron chi connectivity index (χ4n) is 2.17. The third-order valence-electron chi connectivity index (χ3n) is 3.13. The molecule has 0 aliphatic carbocycles. The van der Waals surface area contributed by atoms with Gasteiger partial charge < -0.3 is 14.2 Å². The molecule has 24 heavy (non-hydrogen) atoms. The molecular weight excluding hydrogens is 314 g/mol. The molecule has 0 saturated heterocycles. The molecule has 1 aromatic carbocycles. The maximum absolute atomic E-state index is 11.8. The van der Waals surface area contributed by atoms with E-state index in [1.54, 1.807) is 18.2 Å². The standard InChI is InChI=1S/C17H19NO6/c1-3-22-13-5-11(6-14(9-13)23-4-2)10-24-16(20)8-12-7-15(19)18-17(12)21/h5-7,9H,3-4,8,10H2,1-2H3,(H,18,19,21). The summed E-state index contributed by atoms with van der Waals surface area (Å²) in [6, 6.07) is 5.27. The molecule has 1 aromatic rings. The summed E-state index contributed by atoms with van der Waals surface area (Å²) in [4.78, 5) is 34.3. The van der Waals surface area contributed by atoms with Crippen molar-refractivity contribution in [1.29, 1.82) is 0 Å². The van der Waals surface area contributed by atoms with Crippen LogP contribution in [-0.2, 0) is 25.7 Å². The summed E-state index contributed by atoms with van der Waals surface area (Å²) in [6.07, 6.45) is 0.855. The number of carbonyl (C=O) groups is 3. The van der Waals surface area contributed by atoms with Crippen molar-refractivity contribution in [3.8, 4) is 11.5 Å². The minimum atomic E-state index is -0.592. The van der Waals surface area contributed by atoms with Gasteiger partial charge in [-0.2, -0.15) is 0 Å². The van der Waals surface area contributed by atoms with Gasteiger partial charge in [-0.1, -0.05) is 0 Å². The van der Waals surface area contributed by atoms with Crippen molar-refractivity contribution in [3.05, 3.63) is 35.4 Å². The molecule has 0 atom stereocenters. The van der Waals surface area contributed by atoms with Crippen molar-refractivity contribution >= 4 is 17.8 Å². The van der Waals surface area contributed by atoms with E-state index in [1.165, 1.54) is 0 Å². The summed E-state index contributed by atoms with van der Waals surface area (Å²) in [5, 5.41) is 2.08. The molecule has 7 heteroatoms. The Morgan fingerprint density at radius 1 is 1.04 bits per heavy atom. The molecular formula is C17H19NO6. The van der Waals surface area contributed by atoms with Crippen LogP contribution in [0.15, 0.2) is 29.8 Å². The third kappa shape index (κ3) is 4.84. The molecule has 1 aliphatic rings. The lowest BCUT2D eigenvalue weighted by molar-refractivity contribution is -0.144. The summed E-state index contributed by atoms with van der Waals surface area (Å²) in [7, 11) is 0. The number of rotatable bonds is 8. The second-order valence-corrected chi connectivity index (χ2v) is 5.00. The van der Waals surface area contributed by atoms with Crippen LogP contribution < -0.4 is 14.8 Å². The van der Waals surface area contributed by atoms with Gasteiger partial charge >= 0.3 is 5.97 Å². The Kier molecular flexibility index (Phi) is 5.95. The molecule has 0 radical (unpaired) electrons. The lowest BCUT2D eigenvalue weighted by atomic mass is 10.2. The largest absolute Gasteiger partial charge is 0.494 e. The predicted molar refractivity (Wildman–Crippen MR) is 84.4 cm³/mol. The minimum Gasteiger partial charge on any atom is -0.494 e. The summed E-state index contributed by atoms with van der Waals surface area (Å²) in [5.74, 6) is -0.427. The number of hydrogen-bond donors (Lipinski definition) is 1. The van der Waals surface area contributed by atoms with Gasteiger partial charge in [-0.05, 0) is 31.5 Å². The van der Waals surface area contributed by atoms with Crippen LogP contribution in [0, 0.1) is 0 Å². The maximum Gasteiger partial charge on any atom is 0.310 e. The Labute approximate surface area is 139 Å². The van der Waals surface area contributed by atoms with Crippen molar-refractivity contribution in [1.82, 2.24) is 5.32 Å². The van der Waals surface area contributed by atoms with Crippen LogP contribution in [0.1, 0.15) is 25.8 Å². The number of hydrogen-bond acceptors (Lipinski definition) is 6. The molecule has 1 aliphatic heterocycles. The van der Waals surface area contributed by atoms with Gasteiger partial charge in [0.2, 0.25) is 0 Å². The molecule has 0 aromatic heterocycles. The SMILES string of the molecule is CCOc1cc(COC(=O)CC2=CC(=O)NC2=O)cc(OCC)c1. The molecule has 2 rings (SSSR count). The Hall–Kier alpha value is -2.83. The fourth-order valence-corrected chi connectivity index (χ4v) is 2.17. The van der Waals surface area contributed by atoms with E-state index in [1.807, 2.05) is 13.8 Å². The number of imide groups is 1. The van der Waals surface area contributed by atoms with Gasteiger partial charge in [0.15, 0.2) is 0 Å². The molecule has 0 spiro atoms. The molecule has 0 saturated carbocycles. The average Bonchev–Trinajstić information content (AvgIpc) is 2.83. The molecule has 1 N–H and O–H groups in total. The third-order valence-corrected chi connectivity index (χ3v) is 3.13. The highest BCUT2D eigenvalue weighted by Crippen LogP contribution is 2.24. The molecule has 0 unspecified atom stereocenters. The van der Waals surface area contributed by atoms with Crippen molar-refractivity contribution in [2.75, 3.05) is 13.2 Å². The van der Waals surface area contributed by atoms with Gasteiger partial charge in [0, 0.05) is 17.7 Å². The van der Waals surface area contributed by atoms with E-state index < -0.39 is 17.8 Å². The number of ether oxygens (including phenoxy) is 3. The maximum atomic E-state index is 11.8. The summed E-state index contributed by atoms with van der Waals surface area (Å²) in [6.45, 7) is 4.77. The first kappa shape index (κ1) is 17.5. The summed E-state index contributed by atoms with van der Waals surface area (Å²) >= 11 is 0. The van der Waals surface area contributed by atoms with E-state index in [0.717, 1.165) is 6.08 Å². The van der Waals surface area contributed by atoms with Gasteiger partial charge in [0.1, 0.15) is 18.1 Å². The Balaban J connectivity index is 1.97. The summed E-state index contributed by atoms with van der Waals surface area (Å²) < 4.78 is 16.1. The monoisotopic (exact) mass is 333 g/mol. The normalized spacial score (nSPS) is 13.3. The molecule has 0 bridgehead atoms. The van der Waals surface area contributed by atoms with Crippen molar-refractivity contribution in [3.63, 3.8) is 0 Å². The van der Waals surface area contributed by atoms with Crippen LogP contribution in [0.4, 0.5) is 0 Å². The fraction of sp³-hybridized carbons (Fsp3) is 0.353. The Bertz CT molecular complexity index is 655. The van der Waals surface area contributed by atoms with Gasteiger partial charge in [-0.3, -0.25) is 19.7 Å². The molecule has 128 valence electrons. The van der Waals surface area contributed by atoms with Crippen LogP contribution in [0.3, 0.4) is 0 Å². The zero-order valence-corrected chi connectivity index (χ0v) is 13.6. The van der Waals surface area contributed by atoms with Crippen molar-refractivity contribution in [2.45, 2.75) is 26.9 Å². The number of carbonyl (C=O) groups excluding carboxylic acids is 3. The molecule has 1 heterocycles. The number of esters is 1. The van der Waals surface area contributed by atoms with E-state index in [4.69, 9.17) is 14.2 Å². The van der Waals surface area contributed by atoms with Gasteiger partial charge in [0.05, 0.1) is 19.6 Å². The van der Waals surface area contributed by atoms with Gasteiger partial charge in [-0.15, -0.1) is 0 Å². The van der Waals surface area contributed by atoms with Crippen LogP contribution in [0.25, 0.3) is 0 Å². The predicted octanol–water partition coefficient (Wildman–Crippen LogP) is 1.50. The van der Waals surface area contributed by atoms with Crippen LogP contribution in [0.2, 0.25) is 0 Å². The Morgan fingerprint density at radius 3 is 2.17 bits per heavy atom. The van der Waals surface area contributed by atoms with Crippen molar-refractivity contribution in [2.24, 2.45) is 0 Å². The first-order valence-corrected chi connectivity index (χ1v) is 7.63. The first-order valence-electron chi connectivity index (χ1n) is 7.63. The van der Waals surface area contributed by atoms with Gasteiger partial charge in [0.25, 0.3) is 11.8 Å². The van der Waals surface area contributed by atoms with E-state index >= 15 is 0 Å². The van der Waals surface area contributed by atoms with E-state index in [9.17, 15) is 14.4 Å². The highest BCUT2D eigenvalue weighted by Gasteiger charge is 2.23. The number of nitrogens with one attached hydrogen (secondary N) is 1. The number of amides is 2. The lowest BCUT2D eigenvalue weighted by Gasteiger charge is -2.11. The topological polar surface area (TPSA) is 90.9 Å². The quantitative estimate of drug-likeness (QED) is 0.573. The van der Waals surface area contributed by atoms with Crippen molar-refractivity contribution < 1.29 is 28.6 Å². The smallest absolute Gasteiger partial charge is 0.310 e. The Morgan fingerprint density at radius 2 is 1.67 bits per heavy atom. The molecule has 7 nitrogen and oxygen atoms in total. The second kappa shape index (κ2) is 8.14. The van der Waals surface area contributed by atoms with Crippen LogP contribution in [0.5, 0.6) is 11.5 Å². The zero-order valence-electron chi connectivity index (χ0n) is 13.6. The highest BCUT2D eigenvalue weighted by atomic mass is 16.5. The van der Waals surface area contributed by atoms with Crippen LogP contribution >= 0.6 is 0 Å². The van der Waals surface area contributed by atoms with E-state index in [-0.39, 0.29) is 18.6 Å². The molecule has 2 amide bonds. The first-order chi connectivity index (χ1) is 11.5. The van der Waals surface area contributed by atoms with E-state index in [2.05, 4.69) is 5.32 Å².